The van der Waals surface area contributed by atoms with Crippen LogP contribution in [-0.4, -0.2) is 11.5 Å². The first-order valence-corrected chi connectivity index (χ1v) is 5.36. The second-order valence-electron chi connectivity index (χ2n) is 3.93. The smallest absolute Gasteiger partial charge is 0.0702 e. The maximum Gasteiger partial charge on any atom is 0.0702 e. The fourth-order valence-electron chi connectivity index (χ4n) is 1.82. The van der Waals surface area contributed by atoms with Gasteiger partial charge in [0.2, 0.25) is 0 Å². The molecule has 1 aromatic heterocycles. The summed E-state index contributed by atoms with van der Waals surface area (Å²) in [5, 5.41) is 1.21. The van der Waals surface area contributed by atoms with Crippen LogP contribution >= 0.6 is 0 Å². The predicted octanol–water partition coefficient (Wildman–Crippen LogP) is 2.69. The van der Waals surface area contributed by atoms with Gasteiger partial charge >= 0.3 is 0 Å². The van der Waals surface area contributed by atoms with Crippen LogP contribution in [0.4, 0.5) is 0 Å². The van der Waals surface area contributed by atoms with Crippen LogP contribution in [0.3, 0.4) is 0 Å². The van der Waals surface area contributed by atoms with Gasteiger partial charge < -0.3 is 5.73 Å². The van der Waals surface area contributed by atoms with Gasteiger partial charge in [-0.1, -0.05) is 19.1 Å². The van der Waals surface area contributed by atoms with E-state index in [1.54, 1.807) is 0 Å². The van der Waals surface area contributed by atoms with Crippen molar-refractivity contribution < 1.29 is 0 Å². The molecule has 0 saturated carbocycles. The number of nitrogens with two attached hydrogens (primary N) is 1. The maximum absolute atomic E-state index is 5.57. The molecule has 0 bridgehead atoms. The van der Waals surface area contributed by atoms with Crippen molar-refractivity contribution in [2.45, 2.75) is 19.3 Å². The molecule has 0 fully saturated rings. The Bertz CT molecular complexity index is 451. The van der Waals surface area contributed by atoms with Gasteiger partial charge in [-0.3, -0.25) is 4.98 Å². The zero-order valence-electron chi connectivity index (χ0n) is 8.98. The lowest BCUT2D eigenvalue weighted by molar-refractivity contribution is 0.691. The second-order valence-corrected chi connectivity index (χ2v) is 3.93. The molecule has 1 heterocycles. The van der Waals surface area contributed by atoms with Gasteiger partial charge in [0.05, 0.1) is 5.52 Å². The molecule has 0 aliphatic rings. The number of nitrogens with zero attached hydrogens (tertiary/aromatic N) is 1. The van der Waals surface area contributed by atoms with Gasteiger partial charge in [-0.2, -0.15) is 0 Å². The highest BCUT2D eigenvalue weighted by molar-refractivity contribution is 5.79. The van der Waals surface area contributed by atoms with Crippen molar-refractivity contribution in [1.82, 2.24) is 4.98 Å². The normalized spacial score (nSPS) is 12.9. The summed E-state index contributed by atoms with van der Waals surface area (Å²) in [6.07, 6.45) is 2.86. The Morgan fingerprint density at radius 1 is 1.33 bits per heavy atom. The number of rotatable bonds is 3. The van der Waals surface area contributed by atoms with Crippen LogP contribution < -0.4 is 5.73 Å². The molecule has 2 rings (SSSR count). The Morgan fingerprint density at radius 3 is 3.00 bits per heavy atom. The van der Waals surface area contributed by atoms with E-state index in [-0.39, 0.29) is 0 Å². The monoisotopic (exact) mass is 200 g/mol. The first-order valence-electron chi connectivity index (χ1n) is 5.36. The minimum atomic E-state index is 0.527. The van der Waals surface area contributed by atoms with Crippen molar-refractivity contribution >= 4 is 10.9 Å². The molecule has 2 N–H and O–H groups in total. The number of fused-ring (bicyclic) bond motifs is 1. The zero-order valence-corrected chi connectivity index (χ0v) is 8.98. The Labute approximate surface area is 90.1 Å². The van der Waals surface area contributed by atoms with Crippen LogP contribution in [-0.2, 0) is 0 Å². The molecule has 78 valence electrons. The largest absolute Gasteiger partial charge is 0.330 e. The second kappa shape index (κ2) is 4.41. The van der Waals surface area contributed by atoms with E-state index in [9.17, 15) is 0 Å². The number of benzene rings is 1. The van der Waals surface area contributed by atoms with E-state index in [4.69, 9.17) is 5.73 Å². The van der Waals surface area contributed by atoms with Crippen LogP contribution in [0.1, 0.15) is 24.8 Å². The highest BCUT2D eigenvalue weighted by Crippen LogP contribution is 2.22. The summed E-state index contributed by atoms with van der Waals surface area (Å²) in [5.41, 5.74) is 7.97. The fraction of sp³-hybridized carbons (Fsp3) is 0.308. The average molecular weight is 200 g/mol. The van der Waals surface area contributed by atoms with Gasteiger partial charge in [-0.15, -0.1) is 0 Å². The van der Waals surface area contributed by atoms with Gasteiger partial charge in [0.25, 0.3) is 0 Å². The Morgan fingerprint density at radius 2 is 2.20 bits per heavy atom. The third kappa shape index (κ3) is 2.16. The Kier molecular flexibility index (Phi) is 2.97. The molecule has 1 aromatic carbocycles. The van der Waals surface area contributed by atoms with E-state index in [2.05, 4.69) is 36.2 Å². The quantitative estimate of drug-likeness (QED) is 0.827. The minimum absolute atomic E-state index is 0.527. The molecule has 2 aromatic rings. The third-order valence-corrected chi connectivity index (χ3v) is 2.80. The number of hydrogen-bond donors (Lipinski definition) is 1. The molecule has 0 radical (unpaired) electrons. The van der Waals surface area contributed by atoms with Gasteiger partial charge in [-0.05, 0) is 42.6 Å². The van der Waals surface area contributed by atoms with E-state index >= 15 is 0 Å². The summed E-state index contributed by atoms with van der Waals surface area (Å²) in [4.78, 5) is 4.30. The van der Waals surface area contributed by atoms with Crippen molar-refractivity contribution in [3.8, 4) is 0 Å². The lowest BCUT2D eigenvalue weighted by atomic mass is 9.96. The SMILES string of the molecule is CC(CCN)c1ccc2ncccc2c1. The lowest BCUT2D eigenvalue weighted by Crippen LogP contribution is -2.04. The summed E-state index contributed by atoms with van der Waals surface area (Å²) in [5.74, 6) is 0.527. The standard InChI is InChI=1S/C13H16N2/c1-10(6-7-14)11-4-5-13-12(9-11)3-2-8-15-13/h2-5,8-10H,6-7,14H2,1H3. The van der Waals surface area contributed by atoms with Crippen LogP contribution in [0.15, 0.2) is 36.5 Å². The van der Waals surface area contributed by atoms with Crippen molar-refractivity contribution in [3.63, 3.8) is 0 Å². The average Bonchev–Trinajstić information content (AvgIpc) is 2.29. The summed E-state index contributed by atoms with van der Waals surface area (Å²) in [7, 11) is 0. The third-order valence-electron chi connectivity index (χ3n) is 2.80. The Hall–Kier alpha value is -1.41. The number of pyridine rings is 1. The molecule has 0 aliphatic carbocycles. The van der Waals surface area contributed by atoms with Crippen LogP contribution in [0.2, 0.25) is 0 Å². The van der Waals surface area contributed by atoms with E-state index in [1.807, 2.05) is 12.3 Å². The van der Waals surface area contributed by atoms with Gasteiger partial charge in [-0.25, -0.2) is 0 Å². The van der Waals surface area contributed by atoms with E-state index < -0.39 is 0 Å². The summed E-state index contributed by atoms with van der Waals surface area (Å²) in [6, 6.07) is 10.5. The van der Waals surface area contributed by atoms with Gasteiger partial charge in [0.15, 0.2) is 0 Å². The van der Waals surface area contributed by atoms with E-state index in [0.717, 1.165) is 18.5 Å². The van der Waals surface area contributed by atoms with Gasteiger partial charge in [0.1, 0.15) is 0 Å². The molecule has 2 nitrogen and oxygen atoms in total. The molecule has 15 heavy (non-hydrogen) atoms. The van der Waals surface area contributed by atoms with E-state index in [1.165, 1.54) is 10.9 Å². The first-order chi connectivity index (χ1) is 7.31. The number of hydrogen-bond acceptors (Lipinski definition) is 2. The molecule has 1 atom stereocenters. The predicted molar refractivity (Wildman–Crippen MR) is 63.8 cm³/mol. The minimum Gasteiger partial charge on any atom is -0.330 e. The molecular formula is C13H16N2. The van der Waals surface area contributed by atoms with E-state index in [0.29, 0.717) is 5.92 Å². The lowest BCUT2D eigenvalue weighted by Gasteiger charge is -2.10. The molecule has 2 heteroatoms. The summed E-state index contributed by atoms with van der Waals surface area (Å²) in [6.45, 7) is 2.95. The Balaban J connectivity index is 2.38. The molecule has 0 saturated heterocycles. The van der Waals surface area contributed by atoms with Crippen molar-refractivity contribution in [3.05, 3.63) is 42.1 Å². The van der Waals surface area contributed by atoms with Gasteiger partial charge in [0, 0.05) is 11.6 Å². The first kappa shape index (κ1) is 10.1. The maximum atomic E-state index is 5.57. The summed E-state index contributed by atoms with van der Waals surface area (Å²) >= 11 is 0. The zero-order chi connectivity index (χ0) is 10.7. The fourth-order valence-corrected chi connectivity index (χ4v) is 1.82. The molecule has 0 amide bonds. The summed E-state index contributed by atoms with van der Waals surface area (Å²) < 4.78 is 0. The number of aromatic nitrogens is 1. The highest BCUT2D eigenvalue weighted by atomic mass is 14.6. The topological polar surface area (TPSA) is 38.9 Å². The van der Waals surface area contributed by atoms with Crippen molar-refractivity contribution in [2.75, 3.05) is 6.54 Å². The van der Waals surface area contributed by atoms with Crippen molar-refractivity contribution in [2.24, 2.45) is 5.73 Å². The molecule has 0 aliphatic heterocycles. The highest BCUT2D eigenvalue weighted by Gasteiger charge is 2.04. The van der Waals surface area contributed by atoms with Crippen LogP contribution in [0.25, 0.3) is 10.9 Å². The molecule has 0 spiro atoms. The van der Waals surface area contributed by atoms with Crippen LogP contribution in [0, 0.1) is 0 Å². The van der Waals surface area contributed by atoms with Crippen molar-refractivity contribution in [1.29, 1.82) is 0 Å². The van der Waals surface area contributed by atoms with Crippen LogP contribution in [0.5, 0.6) is 0 Å². The molecule has 1 unspecified atom stereocenters. The molecular weight excluding hydrogens is 184 g/mol.